The van der Waals surface area contributed by atoms with Crippen molar-refractivity contribution in [1.29, 1.82) is 0 Å². The van der Waals surface area contributed by atoms with Crippen molar-refractivity contribution >= 4 is 21.8 Å². The molecule has 1 aromatic rings. The number of hydrogen-bond donors (Lipinski definition) is 1. The van der Waals surface area contributed by atoms with E-state index in [1.165, 1.54) is 6.42 Å². The van der Waals surface area contributed by atoms with Crippen molar-refractivity contribution in [1.82, 2.24) is 5.32 Å². The maximum Gasteiger partial charge on any atom is 0.224 e. The van der Waals surface area contributed by atoms with Crippen molar-refractivity contribution in [2.24, 2.45) is 0 Å². The molecule has 1 fully saturated rings. The maximum absolute atomic E-state index is 12.0. The summed E-state index contributed by atoms with van der Waals surface area (Å²) in [6.07, 6.45) is 3.75. The molecule has 1 aliphatic rings. The van der Waals surface area contributed by atoms with Crippen LogP contribution in [0.15, 0.2) is 24.3 Å². The largest absolute Gasteiger partial charge is 0.496 e. The molecule has 2 rings (SSSR count). The van der Waals surface area contributed by atoms with E-state index in [9.17, 15) is 4.79 Å². The summed E-state index contributed by atoms with van der Waals surface area (Å²) in [4.78, 5) is 12.4. The van der Waals surface area contributed by atoms with Crippen LogP contribution in [0, 0.1) is 0 Å². The van der Waals surface area contributed by atoms with Gasteiger partial charge in [-0.15, -0.1) is 0 Å². The van der Waals surface area contributed by atoms with Gasteiger partial charge in [-0.3, -0.25) is 4.79 Å². The number of amides is 1. The summed E-state index contributed by atoms with van der Waals surface area (Å²) >= 11 is 3.61. The molecule has 0 bridgehead atoms. The number of rotatable bonds is 4. The van der Waals surface area contributed by atoms with Crippen LogP contribution in [-0.4, -0.2) is 23.9 Å². The molecule has 3 nitrogen and oxygen atoms in total. The summed E-state index contributed by atoms with van der Waals surface area (Å²) in [6.45, 7) is 0. The fourth-order valence-electron chi connectivity index (χ4n) is 2.36. The second kappa shape index (κ2) is 6.23. The molecular weight excluding hydrogens is 294 g/mol. The van der Waals surface area contributed by atoms with E-state index in [-0.39, 0.29) is 11.9 Å². The zero-order chi connectivity index (χ0) is 13.0. The molecule has 98 valence electrons. The summed E-state index contributed by atoms with van der Waals surface area (Å²) in [5, 5.41) is 3.09. The van der Waals surface area contributed by atoms with E-state index in [4.69, 9.17) is 4.74 Å². The van der Waals surface area contributed by atoms with E-state index >= 15 is 0 Å². The first-order chi connectivity index (χ1) is 8.70. The molecule has 2 unspecified atom stereocenters. The van der Waals surface area contributed by atoms with Gasteiger partial charge in [-0.05, 0) is 18.9 Å². The van der Waals surface area contributed by atoms with E-state index in [0.717, 1.165) is 24.2 Å². The number of carbonyl (C=O) groups excluding carboxylic acids is 1. The van der Waals surface area contributed by atoms with Gasteiger partial charge in [0.1, 0.15) is 5.75 Å². The lowest BCUT2D eigenvalue weighted by Gasteiger charge is -2.16. The monoisotopic (exact) mass is 311 g/mol. The first kappa shape index (κ1) is 13.4. The van der Waals surface area contributed by atoms with E-state index in [0.29, 0.717) is 11.2 Å². The number of carbonyl (C=O) groups is 1. The Hall–Kier alpha value is -1.03. The summed E-state index contributed by atoms with van der Waals surface area (Å²) in [7, 11) is 1.63. The highest BCUT2D eigenvalue weighted by molar-refractivity contribution is 9.09. The van der Waals surface area contributed by atoms with Gasteiger partial charge in [-0.25, -0.2) is 0 Å². The zero-order valence-electron chi connectivity index (χ0n) is 10.5. The number of methoxy groups -OCH3 is 1. The molecular formula is C14H18BrNO2. The average molecular weight is 312 g/mol. The molecule has 0 aromatic heterocycles. The molecule has 1 aliphatic carbocycles. The second-order valence-corrected chi connectivity index (χ2v) is 5.79. The van der Waals surface area contributed by atoms with E-state index in [1.54, 1.807) is 7.11 Å². The van der Waals surface area contributed by atoms with Crippen LogP contribution in [0.2, 0.25) is 0 Å². The lowest BCUT2D eigenvalue weighted by molar-refractivity contribution is -0.121. The summed E-state index contributed by atoms with van der Waals surface area (Å²) in [6, 6.07) is 7.91. The van der Waals surface area contributed by atoms with Gasteiger partial charge in [0.15, 0.2) is 0 Å². The van der Waals surface area contributed by atoms with Crippen molar-refractivity contribution in [3.05, 3.63) is 29.8 Å². The number of nitrogens with one attached hydrogen (secondary N) is 1. The van der Waals surface area contributed by atoms with Crippen molar-refractivity contribution in [3.8, 4) is 5.75 Å². The van der Waals surface area contributed by atoms with Crippen LogP contribution < -0.4 is 10.1 Å². The van der Waals surface area contributed by atoms with Crippen LogP contribution in [0.4, 0.5) is 0 Å². The van der Waals surface area contributed by atoms with Crippen LogP contribution in [0.5, 0.6) is 5.75 Å². The number of benzene rings is 1. The number of hydrogen-bond acceptors (Lipinski definition) is 2. The Kier molecular flexibility index (Phi) is 4.64. The van der Waals surface area contributed by atoms with Crippen molar-refractivity contribution < 1.29 is 9.53 Å². The minimum absolute atomic E-state index is 0.0656. The molecule has 1 saturated carbocycles. The normalized spacial score (nSPS) is 22.8. The van der Waals surface area contributed by atoms with Gasteiger partial charge in [0.25, 0.3) is 0 Å². The van der Waals surface area contributed by atoms with Crippen LogP contribution in [0.3, 0.4) is 0 Å². The molecule has 0 radical (unpaired) electrons. The SMILES string of the molecule is COc1ccccc1CC(=O)NC1CCCC1Br. The van der Waals surface area contributed by atoms with E-state index < -0.39 is 0 Å². The van der Waals surface area contributed by atoms with Gasteiger partial charge >= 0.3 is 0 Å². The fourth-order valence-corrected chi connectivity index (χ4v) is 3.08. The molecule has 4 heteroatoms. The molecule has 0 saturated heterocycles. The van der Waals surface area contributed by atoms with Gasteiger partial charge in [0.2, 0.25) is 5.91 Å². The quantitative estimate of drug-likeness (QED) is 0.868. The lowest BCUT2D eigenvalue weighted by Crippen LogP contribution is -2.38. The third-order valence-electron chi connectivity index (χ3n) is 3.32. The predicted octanol–water partition coefficient (Wildman–Crippen LogP) is 2.67. The van der Waals surface area contributed by atoms with Crippen LogP contribution in [0.1, 0.15) is 24.8 Å². The number of ether oxygens (including phenoxy) is 1. The van der Waals surface area contributed by atoms with Gasteiger partial charge in [0.05, 0.1) is 13.5 Å². The number of halogens is 1. The lowest BCUT2D eigenvalue weighted by atomic mass is 10.1. The van der Waals surface area contributed by atoms with Gasteiger partial charge in [-0.2, -0.15) is 0 Å². The molecule has 1 amide bonds. The Morgan fingerprint density at radius 2 is 2.22 bits per heavy atom. The van der Waals surface area contributed by atoms with Gasteiger partial charge < -0.3 is 10.1 Å². The maximum atomic E-state index is 12.0. The Labute approximate surface area is 116 Å². The third-order valence-corrected chi connectivity index (χ3v) is 4.42. The smallest absolute Gasteiger partial charge is 0.224 e. The Morgan fingerprint density at radius 1 is 1.44 bits per heavy atom. The molecule has 18 heavy (non-hydrogen) atoms. The van der Waals surface area contributed by atoms with Crippen LogP contribution in [0.25, 0.3) is 0 Å². The predicted molar refractivity (Wildman–Crippen MR) is 75.2 cm³/mol. The van der Waals surface area contributed by atoms with E-state index in [2.05, 4.69) is 21.2 Å². The first-order valence-corrected chi connectivity index (χ1v) is 7.17. The summed E-state index contributed by atoms with van der Waals surface area (Å²) in [5.74, 6) is 0.838. The Bertz CT molecular complexity index is 422. The van der Waals surface area contributed by atoms with Crippen LogP contribution >= 0.6 is 15.9 Å². The number of para-hydroxylation sites is 1. The highest BCUT2D eigenvalue weighted by atomic mass is 79.9. The third kappa shape index (κ3) is 3.25. The van der Waals surface area contributed by atoms with Gasteiger partial charge in [-0.1, -0.05) is 40.5 Å². The molecule has 1 N–H and O–H groups in total. The molecule has 0 heterocycles. The minimum Gasteiger partial charge on any atom is -0.496 e. The standard InChI is InChI=1S/C14H18BrNO2/c1-18-13-8-3-2-5-10(13)9-14(17)16-12-7-4-6-11(12)15/h2-3,5,8,11-12H,4,6-7,9H2,1H3,(H,16,17). The first-order valence-electron chi connectivity index (χ1n) is 6.26. The topological polar surface area (TPSA) is 38.3 Å². The minimum atomic E-state index is 0.0656. The Balaban J connectivity index is 1.94. The van der Waals surface area contributed by atoms with Crippen molar-refractivity contribution in [3.63, 3.8) is 0 Å². The highest BCUT2D eigenvalue weighted by Crippen LogP contribution is 2.26. The second-order valence-electron chi connectivity index (χ2n) is 4.61. The molecule has 0 aliphatic heterocycles. The Morgan fingerprint density at radius 3 is 2.89 bits per heavy atom. The van der Waals surface area contributed by atoms with Gasteiger partial charge in [0, 0.05) is 16.4 Å². The van der Waals surface area contributed by atoms with Crippen molar-refractivity contribution in [2.45, 2.75) is 36.6 Å². The molecule has 2 atom stereocenters. The highest BCUT2D eigenvalue weighted by Gasteiger charge is 2.26. The summed E-state index contributed by atoms with van der Waals surface area (Å²) in [5.41, 5.74) is 0.932. The fraction of sp³-hybridized carbons (Fsp3) is 0.500. The van der Waals surface area contributed by atoms with Crippen molar-refractivity contribution in [2.75, 3.05) is 7.11 Å². The zero-order valence-corrected chi connectivity index (χ0v) is 12.1. The number of alkyl halides is 1. The average Bonchev–Trinajstić information content (AvgIpc) is 2.75. The molecule has 0 spiro atoms. The van der Waals surface area contributed by atoms with Crippen LogP contribution in [-0.2, 0) is 11.2 Å². The molecule has 1 aromatic carbocycles. The van der Waals surface area contributed by atoms with E-state index in [1.807, 2.05) is 24.3 Å². The summed E-state index contributed by atoms with van der Waals surface area (Å²) < 4.78 is 5.25.